The molecule has 2 fully saturated rings. The lowest BCUT2D eigenvalue weighted by molar-refractivity contribution is -0.161. The number of carboxylic acid groups (broad SMARTS) is 1. The van der Waals surface area contributed by atoms with Gasteiger partial charge < -0.3 is 40.4 Å². The Morgan fingerprint density at radius 1 is 0.984 bits per heavy atom. The summed E-state index contributed by atoms with van der Waals surface area (Å²) in [6, 6.07) is -0.379. The van der Waals surface area contributed by atoms with Crippen molar-refractivity contribution in [1.82, 2.24) is 25.5 Å². The molecule has 4 unspecified atom stereocenters. The number of amides is 2. The molecule has 1 aromatic rings. The molecule has 2 aliphatic rings. The van der Waals surface area contributed by atoms with E-state index in [0.717, 1.165) is 17.4 Å². The lowest BCUT2D eigenvalue weighted by Crippen LogP contribution is -2.50. The van der Waals surface area contributed by atoms with E-state index in [2.05, 4.69) is 20.9 Å². The van der Waals surface area contributed by atoms with Crippen LogP contribution in [0.25, 0.3) is 0 Å². The van der Waals surface area contributed by atoms with Crippen LogP contribution in [0, 0.1) is 5.41 Å². The van der Waals surface area contributed by atoms with Crippen LogP contribution in [0.4, 0.5) is 10.2 Å². The standard InChI is InChI=1S/C41H65FN6O12S2.C2H6/c1-9-30(49)40(5,6)23-59-41(7,8)15-12-32(50)45-26(21-61-28-10-11-29(28)62-22-27(37(54)55)47-39(2,3)4)35(53)44-16-13-33(51)58-20-34(52)57-19-24-18-25(42)36(60-24)48-17-14-31(43)46-38(48)56;1-2/h14,17,24-29,36,47H,9-13,15-16,18-23H2,1-8H3,(H,44,53)(H,45,50)(H,54,55)(H2,43,46,56);1-2H3/t24-,25-,26?,27?,28?,29?,36+;/m1./s1. The lowest BCUT2D eigenvalue weighted by Gasteiger charge is -2.37. The zero-order chi connectivity index (χ0) is 48.4. The van der Waals surface area contributed by atoms with E-state index in [4.69, 9.17) is 24.7 Å². The van der Waals surface area contributed by atoms with Crippen molar-refractivity contribution in [3.05, 3.63) is 22.7 Å². The molecule has 7 atom stereocenters. The summed E-state index contributed by atoms with van der Waals surface area (Å²) in [6.07, 6.45) is -0.457. The summed E-state index contributed by atoms with van der Waals surface area (Å²) in [4.78, 5) is 91.3. The van der Waals surface area contributed by atoms with E-state index >= 15 is 0 Å². The van der Waals surface area contributed by atoms with Gasteiger partial charge in [0.15, 0.2) is 12.8 Å². The van der Waals surface area contributed by atoms with E-state index in [0.29, 0.717) is 18.6 Å². The number of ether oxygens (including phenoxy) is 4. The Morgan fingerprint density at radius 2 is 1.61 bits per heavy atom. The highest BCUT2D eigenvalue weighted by atomic mass is 32.2. The van der Waals surface area contributed by atoms with Gasteiger partial charge in [0.1, 0.15) is 36.5 Å². The van der Waals surface area contributed by atoms with E-state index in [-0.39, 0.29) is 72.4 Å². The maximum atomic E-state index is 14.6. The van der Waals surface area contributed by atoms with Crippen LogP contribution >= 0.6 is 23.5 Å². The summed E-state index contributed by atoms with van der Waals surface area (Å²) in [5.74, 6) is -2.96. The minimum atomic E-state index is -1.58. The quantitative estimate of drug-likeness (QED) is 0.0824. The second kappa shape index (κ2) is 26.4. The van der Waals surface area contributed by atoms with E-state index in [1.165, 1.54) is 24.0 Å². The zero-order valence-electron chi connectivity index (χ0n) is 39.0. The summed E-state index contributed by atoms with van der Waals surface area (Å²) < 4.78 is 37.2. The van der Waals surface area contributed by atoms with Crippen LogP contribution in [0.5, 0.6) is 0 Å². The number of carbonyl (C=O) groups is 6. The molecule has 6 N–H and O–H groups in total. The number of carboxylic acids is 1. The number of aliphatic carboxylic acids is 1. The van der Waals surface area contributed by atoms with Crippen molar-refractivity contribution in [1.29, 1.82) is 0 Å². The molecule has 0 bridgehead atoms. The number of anilines is 1. The predicted octanol–water partition coefficient (Wildman–Crippen LogP) is 3.97. The molecule has 3 rings (SSSR count). The number of esters is 2. The molecule has 2 amide bonds. The molecule has 1 saturated carbocycles. The molecule has 0 radical (unpaired) electrons. The van der Waals surface area contributed by atoms with Crippen LogP contribution in [0.3, 0.4) is 0 Å². The number of rotatable bonds is 26. The first kappa shape index (κ1) is 56.3. The highest BCUT2D eigenvalue weighted by Crippen LogP contribution is 2.41. The Bertz CT molecular complexity index is 1780. The highest BCUT2D eigenvalue weighted by molar-refractivity contribution is 8.04. The maximum Gasteiger partial charge on any atom is 0.351 e. The van der Waals surface area contributed by atoms with Crippen molar-refractivity contribution in [3.63, 3.8) is 0 Å². The fourth-order valence-corrected chi connectivity index (χ4v) is 9.47. The van der Waals surface area contributed by atoms with Gasteiger partial charge in [0.2, 0.25) is 11.8 Å². The Balaban J connectivity index is 0.00000694. The van der Waals surface area contributed by atoms with Gasteiger partial charge >= 0.3 is 23.6 Å². The summed E-state index contributed by atoms with van der Waals surface area (Å²) in [5, 5.41) is 18.6. The second-order valence-corrected chi connectivity index (χ2v) is 20.3. The van der Waals surface area contributed by atoms with E-state index in [1.807, 2.05) is 62.3 Å². The maximum absolute atomic E-state index is 14.6. The first-order valence-electron chi connectivity index (χ1n) is 21.8. The fourth-order valence-electron chi connectivity index (χ4n) is 6.35. The Morgan fingerprint density at radius 3 is 2.17 bits per heavy atom. The molecular weight excluding hydrogens is 876 g/mol. The molecule has 2 heterocycles. The molecule has 21 heteroatoms. The number of hydrogen-bond donors (Lipinski definition) is 5. The molecule has 1 aromatic heterocycles. The van der Waals surface area contributed by atoms with Gasteiger partial charge in [0.25, 0.3) is 0 Å². The molecule has 1 aliphatic carbocycles. The summed E-state index contributed by atoms with van der Waals surface area (Å²) in [6.45, 7) is 17.7. The van der Waals surface area contributed by atoms with Crippen molar-refractivity contribution < 1.29 is 57.2 Å². The van der Waals surface area contributed by atoms with Crippen molar-refractivity contribution in [2.75, 3.05) is 43.6 Å². The Kier molecular flexibility index (Phi) is 23.2. The second-order valence-electron chi connectivity index (χ2n) is 17.8. The lowest BCUT2D eigenvalue weighted by atomic mass is 9.87. The molecule has 0 spiro atoms. The van der Waals surface area contributed by atoms with Gasteiger partial charge in [0, 0.05) is 65.0 Å². The summed E-state index contributed by atoms with van der Waals surface area (Å²) in [5.41, 5.74) is 2.89. The topological polar surface area (TPSA) is 257 Å². The van der Waals surface area contributed by atoms with E-state index < -0.39 is 83.6 Å². The van der Waals surface area contributed by atoms with Gasteiger partial charge in [-0.25, -0.2) is 14.0 Å². The van der Waals surface area contributed by atoms with Crippen molar-refractivity contribution >= 4 is 64.8 Å². The van der Waals surface area contributed by atoms with Crippen molar-refractivity contribution in [2.45, 2.75) is 166 Å². The summed E-state index contributed by atoms with van der Waals surface area (Å²) >= 11 is 3.08. The smallest absolute Gasteiger partial charge is 0.351 e. The molecule has 1 saturated heterocycles. The van der Waals surface area contributed by atoms with Crippen molar-refractivity contribution in [3.8, 4) is 0 Å². The highest BCUT2D eigenvalue weighted by Gasteiger charge is 2.39. The normalized spacial score (nSPS) is 20.7. The molecule has 364 valence electrons. The average Bonchev–Trinajstić information content (AvgIpc) is 3.58. The van der Waals surface area contributed by atoms with Gasteiger partial charge in [-0.1, -0.05) is 34.6 Å². The van der Waals surface area contributed by atoms with Gasteiger partial charge in [-0.15, -0.1) is 0 Å². The number of hydrogen-bond acceptors (Lipinski definition) is 16. The number of alkyl halides is 1. The molecule has 0 aromatic carbocycles. The molecular formula is C43H71FN6O12S2. The Hall–Kier alpha value is -3.79. The van der Waals surface area contributed by atoms with Crippen LogP contribution in [-0.4, -0.2) is 134 Å². The molecule has 1 aliphatic heterocycles. The fraction of sp³-hybridized carbons (Fsp3) is 0.767. The van der Waals surface area contributed by atoms with E-state index in [9.17, 15) is 43.1 Å². The zero-order valence-corrected chi connectivity index (χ0v) is 40.6. The number of nitrogens with one attached hydrogen (secondary N) is 3. The minimum absolute atomic E-state index is 0.0285. The average molecular weight is 947 g/mol. The van der Waals surface area contributed by atoms with Crippen LogP contribution in [0.2, 0.25) is 0 Å². The number of aromatic nitrogens is 2. The number of carbonyl (C=O) groups excluding carboxylic acids is 5. The van der Waals surface area contributed by atoms with Crippen LogP contribution in [0.1, 0.15) is 120 Å². The first-order valence-corrected chi connectivity index (χ1v) is 23.9. The third-order valence-electron chi connectivity index (χ3n) is 10.2. The number of thioether (sulfide) groups is 2. The third kappa shape index (κ3) is 19.8. The van der Waals surface area contributed by atoms with Crippen LogP contribution < -0.4 is 27.4 Å². The minimum Gasteiger partial charge on any atom is -0.480 e. The first-order chi connectivity index (χ1) is 29.9. The van der Waals surface area contributed by atoms with Gasteiger partial charge in [-0.3, -0.25) is 33.9 Å². The van der Waals surface area contributed by atoms with Crippen molar-refractivity contribution in [2.24, 2.45) is 5.41 Å². The number of halogens is 1. The monoisotopic (exact) mass is 946 g/mol. The summed E-state index contributed by atoms with van der Waals surface area (Å²) in [7, 11) is 0. The number of ketones is 1. The Labute approximate surface area is 384 Å². The molecule has 18 nitrogen and oxygen atoms in total. The predicted molar refractivity (Wildman–Crippen MR) is 244 cm³/mol. The third-order valence-corrected chi connectivity index (χ3v) is 13.4. The van der Waals surface area contributed by atoms with Crippen LogP contribution in [-0.2, 0) is 47.7 Å². The number of nitrogen functional groups attached to an aromatic ring is 1. The van der Waals surface area contributed by atoms with E-state index in [1.54, 1.807) is 18.7 Å². The van der Waals surface area contributed by atoms with Gasteiger partial charge in [0.05, 0.1) is 24.7 Å². The van der Waals surface area contributed by atoms with Gasteiger partial charge in [-0.05, 0) is 59.9 Å². The SMILES string of the molecule is CC.CCC(=O)C(C)(C)COC(C)(C)CCC(=O)NC(CSC1CCC1SCC(NC(C)(C)C)C(=O)O)C(=O)NCCC(=O)OCC(=O)OC[C@H]1C[C@@H](F)[C@@H](n2ccc(N)nc2=O)O1. The molecule has 64 heavy (non-hydrogen) atoms. The van der Waals surface area contributed by atoms with Crippen LogP contribution in [0.15, 0.2) is 17.1 Å². The number of nitrogens with zero attached hydrogens (tertiary/aromatic N) is 2. The number of nitrogens with two attached hydrogens (primary N) is 1. The van der Waals surface area contributed by atoms with Gasteiger partial charge in [-0.2, -0.15) is 28.5 Å². The number of Topliss-reactive ketones (excluding diaryl/α,β-unsaturated/α-hetero) is 1. The largest absolute Gasteiger partial charge is 0.480 e.